The summed E-state index contributed by atoms with van der Waals surface area (Å²) in [5, 5.41) is 0.915. The van der Waals surface area contributed by atoms with Crippen LogP contribution in [0, 0.1) is 0 Å². The van der Waals surface area contributed by atoms with Crippen molar-refractivity contribution in [1.82, 2.24) is 0 Å². The van der Waals surface area contributed by atoms with Gasteiger partial charge < -0.3 is 0 Å². The molecule has 56 valence electrons. The van der Waals surface area contributed by atoms with Crippen LogP contribution in [-0.2, 0) is 0 Å². The maximum atomic E-state index is 5.51. The van der Waals surface area contributed by atoms with Crippen LogP contribution in [0.5, 0.6) is 0 Å². The third-order valence-electron chi connectivity index (χ3n) is 0.537. The second-order valence-corrected chi connectivity index (χ2v) is 2.94. The van der Waals surface area contributed by atoms with Gasteiger partial charge in [0.25, 0.3) is 0 Å². The normalized spacial score (nSPS) is 13.6. The van der Waals surface area contributed by atoms with Gasteiger partial charge in [-0.05, 0) is 13.0 Å². The maximum absolute atomic E-state index is 5.51. The van der Waals surface area contributed by atoms with Crippen LogP contribution in [0.2, 0.25) is 0 Å². The molecule has 0 aliphatic heterocycles. The van der Waals surface area contributed by atoms with Gasteiger partial charge in [-0.3, -0.25) is 0 Å². The van der Waals surface area contributed by atoms with Crippen molar-refractivity contribution < 1.29 is 0 Å². The van der Waals surface area contributed by atoms with E-state index >= 15 is 0 Å². The van der Waals surface area contributed by atoms with Crippen molar-refractivity contribution in [2.45, 2.75) is 6.92 Å². The van der Waals surface area contributed by atoms with Crippen molar-refractivity contribution in [1.29, 1.82) is 0 Å². The zero-order valence-corrected chi connectivity index (χ0v) is 7.63. The van der Waals surface area contributed by atoms with Gasteiger partial charge in [0, 0.05) is 5.03 Å². The Labute approximate surface area is 75.0 Å². The second-order valence-electron chi connectivity index (χ2n) is 1.52. The monoisotopic (exact) mass is 197 g/mol. The fraction of sp³-hybridized carbons (Fsp3) is 0.167. The Kier molecular flexibility index (Phi) is 4.79. The lowest BCUT2D eigenvalue weighted by Crippen LogP contribution is -1.74. The van der Waals surface area contributed by atoms with Crippen LogP contribution in [0.15, 0.2) is 27.8 Å². The summed E-state index contributed by atoms with van der Waals surface area (Å²) in [6.07, 6.45) is 1.41. The Morgan fingerprint density at radius 3 is 2.20 bits per heavy atom. The molecule has 0 saturated heterocycles. The standard InChI is InChI=1S/C6H6Cl3N/c1-4(7)3-6(9)10-5(2)8/h3H,1H2,2H3/b6-3-,10-5+. The summed E-state index contributed by atoms with van der Waals surface area (Å²) in [5.74, 6) is 0. The first-order valence-corrected chi connectivity index (χ1v) is 3.58. The molecule has 0 fully saturated rings. The first-order chi connectivity index (χ1) is 4.52. The molecule has 0 saturated carbocycles. The highest BCUT2D eigenvalue weighted by molar-refractivity contribution is 6.65. The number of rotatable bonds is 2. The molecule has 0 radical (unpaired) electrons. The summed E-state index contributed by atoms with van der Waals surface area (Å²) in [5.41, 5.74) is 0. The first-order valence-electron chi connectivity index (χ1n) is 2.45. The van der Waals surface area contributed by atoms with Crippen LogP contribution in [0.3, 0.4) is 0 Å². The van der Waals surface area contributed by atoms with Gasteiger partial charge in [-0.15, -0.1) is 0 Å². The Hall–Kier alpha value is 0.0200. The number of nitrogens with zero attached hydrogens (tertiary/aromatic N) is 1. The van der Waals surface area contributed by atoms with Crippen molar-refractivity contribution in [3.05, 3.63) is 22.8 Å². The van der Waals surface area contributed by atoms with Gasteiger partial charge in [0.05, 0.1) is 0 Å². The van der Waals surface area contributed by atoms with Crippen LogP contribution >= 0.6 is 34.8 Å². The molecule has 0 aromatic rings. The number of hydrogen-bond acceptors (Lipinski definition) is 1. The first kappa shape index (κ1) is 10.0. The molecule has 0 aliphatic rings. The molecule has 0 bridgehead atoms. The minimum absolute atomic E-state index is 0.229. The fourth-order valence-corrected chi connectivity index (χ4v) is 0.861. The molecule has 1 nitrogen and oxygen atoms in total. The molecular formula is C6H6Cl3N. The number of halogens is 3. The lowest BCUT2D eigenvalue weighted by molar-refractivity contribution is 1.50. The summed E-state index contributed by atoms with van der Waals surface area (Å²) in [7, 11) is 0. The summed E-state index contributed by atoms with van der Waals surface area (Å²) >= 11 is 16.3. The van der Waals surface area contributed by atoms with Gasteiger partial charge >= 0.3 is 0 Å². The quantitative estimate of drug-likeness (QED) is 0.366. The summed E-state index contributed by atoms with van der Waals surface area (Å²) in [6, 6.07) is 0. The van der Waals surface area contributed by atoms with E-state index in [9.17, 15) is 0 Å². The van der Waals surface area contributed by atoms with E-state index in [0.717, 1.165) is 0 Å². The fourth-order valence-electron chi connectivity index (χ4n) is 0.309. The largest absolute Gasteiger partial charge is 0.229 e. The molecule has 0 N–H and O–H groups in total. The van der Waals surface area contributed by atoms with E-state index < -0.39 is 0 Å². The van der Waals surface area contributed by atoms with Gasteiger partial charge in [0.15, 0.2) is 0 Å². The zero-order valence-electron chi connectivity index (χ0n) is 5.37. The Bertz CT molecular complexity index is 189. The number of aliphatic imine (C=N–C) groups is 1. The highest BCUT2D eigenvalue weighted by atomic mass is 35.5. The molecule has 0 rings (SSSR count). The van der Waals surface area contributed by atoms with Crippen molar-refractivity contribution >= 4 is 40.0 Å². The third-order valence-corrected chi connectivity index (χ3v) is 0.924. The van der Waals surface area contributed by atoms with Gasteiger partial charge in [0.1, 0.15) is 10.3 Å². The van der Waals surface area contributed by atoms with E-state index in [0.29, 0.717) is 10.2 Å². The molecule has 0 aliphatic carbocycles. The predicted molar refractivity (Wildman–Crippen MR) is 47.9 cm³/mol. The van der Waals surface area contributed by atoms with Gasteiger partial charge in [-0.25, -0.2) is 4.99 Å². The molecule has 0 heterocycles. The second kappa shape index (κ2) is 4.78. The lowest BCUT2D eigenvalue weighted by atomic mass is 10.6. The van der Waals surface area contributed by atoms with Crippen LogP contribution < -0.4 is 0 Å². The zero-order chi connectivity index (χ0) is 8.15. The van der Waals surface area contributed by atoms with E-state index in [4.69, 9.17) is 34.8 Å². The van der Waals surface area contributed by atoms with Crippen LogP contribution in [0.1, 0.15) is 6.92 Å². The molecule has 0 aromatic heterocycles. The molecule has 4 heteroatoms. The highest BCUT2D eigenvalue weighted by Gasteiger charge is 1.88. The van der Waals surface area contributed by atoms with E-state index in [1.807, 2.05) is 0 Å². The Morgan fingerprint density at radius 1 is 1.40 bits per heavy atom. The third kappa shape index (κ3) is 6.14. The minimum Gasteiger partial charge on any atom is -0.229 e. The van der Waals surface area contributed by atoms with Crippen LogP contribution in [0.4, 0.5) is 0 Å². The average Bonchev–Trinajstić information content (AvgIpc) is 1.58. The molecule has 10 heavy (non-hydrogen) atoms. The summed E-state index contributed by atoms with van der Waals surface area (Å²) in [4.78, 5) is 3.68. The SMILES string of the molecule is C=C(Cl)/C=C(Cl)\N=C(/C)Cl. The predicted octanol–water partition coefficient (Wildman–Crippen LogP) is 3.48. The number of hydrogen-bond donors (Lipinski definition) is 0. The Balaban J connectivity index is 4.22. The van der Waals surface area contributed by atoms with Gasteiger partial charge in [-0.1, -0.05) is 41.4 Å². The van der Waals surface area contributed by atoms with E-state index in [-0.39, 0.29) is 5.16 Å². The van der Waals surface area contributed by atoms with Crippen LogP contribution in [-0.4, -0.2) is 5.17 Å². The molecule has 0 amide bonds. The Morgan fingerprint density at radius 2 is 1.90 bits per heavy atom. The van der Waals surface area contributed by atoms with E-state index in [1.54, 1.807) is 6.92 Å². The van der Waals surface area contributed by atoms with Crippen molar-refractivity contribution in [2.24, 2.45) is 4.99 Å². The number of allylic oxidation sites excluding steroid dienone is 2. The molecule has 0 aromatic carbocycles. The minimum atomic E-state index is 0.229. The van der Waals surface area contributed by atoms with Gasteiger partial charge in [0.2, 0.25) is 0 Å². The van der Waals surface area contributed by atoms with Crippen molar-refractivity contribution in [3.63, 3.8) is 0 Å². The molecular weight excluding hydrogens is 192 g/mol. The highest BCUT2D eigenvalue weighted by Crippen LogP contribution is 2.10. The summed E-state index contributed by atoms with van der Waals surface area (Å²) < 4.78 is 0. The molecule has 0 unspecified atom stereocenters. The molecule has 0 spiro atoms. The maximum Gasteiger partial charge on any atom is 0.131 e. The lowest BCUT2D eigenvalue weighted by Gasteiger charge is -1.87. The van der Waals surface area contributed by atoms with Crippen LogP contribution in [0.25, 0.3) is 0 Å². The van der Waals surface area contributed by atoms with Crippen molar-refractivity contribution in [3.8, 4) is 0 Å². The van der Waals surface area contributed by atoms with Gasteiger partial charge in [-0.2, -0.15) is 0 Å². The molecule has 0 atom stereocenters. The summed E-state index contributed by atoms with van der Waals surface area (Å²) in [6.45, 7) is 5.01. The topological polar surface area (TPSA) is 12.4 Å². The smallest absolute Gasteiger partial charge is 0.131 e. The van der Waals surface area contributed by atoms with E-state index in [1.165, 1.54) is 6.08 Å². The average molecular weight is 198 g/mol. The van der Waals surface area contributed by atoms with Crippen molar-refractivity contribution in [2.75, 3.05) is 0 Å². The van der Waals surface area contributed by atoms with E-state index in [2.05, 4.69) is 11.6 Å².